The minimum Gasteiger partial charge on any atom is -0.357 e. The summed E-state index contributed by atoms with van der Waals surface area (Å²) in [6.45, 7) is 8.73. The number of carbonyl (C=O) groups excluding carboxylic acids is 1. The number of nitrogens with zero attached hydrogens (tertiary/aromatic N) is 3. The Morgan fingerprint density at radius 3 is 2.48 bits per heavy atom. The lowest BCUT2D eigenvalue weighted by Crippen LogP contribution is -2.35. The topological polar surface area (TPSA) is 62.5 Å². The molecule has 2 saturated heterocycles. The third kappa shape index (κ3) is 4.99. The van der Waals surface area contributed by atoms with Crippen molar-refractivity contribution in [1.29, 1.82) is 0 Å². The summed E-state index contributed by atoms with van der Waals surface area (Å²) in [5.74, 6) is 1.87. The molecule has 2 aliphatic rings. The number of carbonyl (C=O) groups is 1. The maximum absolute atomic E-state index is 12.6. The molecule has 7 heteroatoms. The predicted molar refractivity (Wildman–Crippen MR) is 107 cm³/mol. The average molecular weight is 389 g/mol. The van der Waals surface area contributed by atoms with Gasteiger partial charge in [0.2, 0.25) is 0 Å². The summed E-state index contributed by atoms with van der Waals surface area (Å²) in [7, 11) is 0. The Hall–Kier alpha value is -1.04. The van der Waals surface area contributed by atoms with Crippen molar-refractivity contribution in [2.45, 2.75) is 33.1 Å². The fourth-order valence-corrected chi connectivity index (χ4v) is 3.48. The number of rotatable bonds is 3. The molecule has 0 saturated carbocycles. The highest BCUT2D eigenvalue weighted by Gasteiger charge is 2.35. The summed E-state index contributed by atoms with van der Waals surface area (Å²) >= 11 is 0. The fourth-order valence-electron chi connectivity index (χ4n) is 3.48. The fraction of sp³-hybridized carbons (Fsp3) is 0.667. The smallest absolute Gasteiger partial charge is 0.255 e. The van der Waals surface area contributed by atoms with E-state index in [0.717, 1.165) is 44.3 Å². The summed E-state index contributed by atoms with van der Waals surface area (Å²) in [4.78, 5) is 21.4. The third-order valence-electron chi connectivity index (χ3n) is 5.44. The minimum atomic E-state index is 0. The van der Waals surface area contributed by atoms with Crippen LogP contribution in [0.1, 0.15) is 43.5 Å². The van der Waals surface area contributed by atoms with Gasteiger partial charge in [0.05, 0.1) is 5.56 Å². The Kier molecular flexibility index (Phi) is 7.97. The first kappa shape index (κ1) is 22.0. The van der Waals surface area contributed by atoms with E-state index < -0.39 is 0 Å². The molecule has 3 heterocycles. The van der Waals surface area contributed by atoms with Crippen molar-refractivity contribution in [2.24, 2.45) is 17.1 Å². The number of piperidine rings is 1. The van der Waals surface area contributed by atoms with E-state index in [9.17, 15) is 4.79 Å². The molecule has 1 aromatic rings. The largest absolute Gasteiger partial charge is 0.357 e. The molecule has 3 rings (SSSR count). The summed E-state index contributed by atoms with van der Waals surface area (Å²) in [5, 5.41) is 0. The summed E-state index contributed by atoms with van der Waals surface area (Å²) in [6, 6.07) is 3.90. The Morgan fingerprint density at radius 1 is 1.28 bits per heavy atom. The molecule has 2 aliphatic heterocycles. The van der Waals surface area contributed by atoms with E-state index in [-0.39, 0.29) is 36.1 Å². The van der Waals surface area contributed by atoms with Crippen LogP contribution in [0, 0.1) is 11.3 Å². The van der Waals surface area contributed by atoms with E-state index >= 15 is 0 Å². The lowest BCUT2D eigenvalue weighted by atomic mass is 9.90. The molecule has 2 N–H and O–H groups in total. The lowest BCUT2D eigenvalue weighted by Gasteiger charge is -2.31. The summed E-state index contributed by atoms with van der Waals surface area (Å²) < 4.78 is 0. The van der Waals surface area contributed by atoms with Crippen molar-refractivity contribution in [1.82, 2.24) is 9.88 Å². The minimum absolute atomic E-state index is 0. The van der Waals surface area contributed by atoms with Crippen molar-refractivity contribution < 1.29 is 4.79 Å². The zero-order valence-corrected chi connectivity index (χ0v) is 16.7. The molecule has 142 valence electrons. The van der Waals surface area contributed by atoms with Crippen molar-refractivity contribution in [2.75, 3.05) is 37.6 Å². The molecule has 1 amide bonds. The highest BCUT2D eigenvalue weighted by atomic mass is 35.5. The van der Waals surface area contributed by atoms with Gasteiger partial charge in [-0.25, -0.2) is 4.98 Å². The van der Waals surface area contributed by atoms with Gasteiger partial charge < -0.3 is 15.5 Å². The number of hydrogen-bond donors (Lipinski definition) is 1. The zero-order valence-electron chi connectivity index (χ0n) is 15.1. The number of hydrogen-bond acceptors (Lipinski definition) is 4. The molecule has 0 aromatic carbocycles. The van der Waals surface area contributed by atoms with E-state index in [2.05, 4.69) is 23.7 Å². The quantitative estimate of drug-likeness (QED) is 0.864. The van der Waals surface area contributed by atoms with Crippen molar-refractivity contribution in [3.63, 3.8) is 0 Å². The molecular formula is C18H30Cl2N4O. The standard InChI is InChI=1S/C18H28N4O.2ClH/c1-14-5-8-21(9-6-14)16-4-3-15(11-20-16)17(23)22-10-7-18(2,12-19)13-22;;/h3-4,11,14H,5-10,12-13,19H2,1-2H3;2*1H. The molecule has 1 aromatic heterocycles. The molecule has 0 bridgehead atoms. The van der Waals surface area contributed by atoms with Gasteiger partial charge in [-0.3, -0.25) is 4.79 Å². The number of aromatic nitrogens is 1. The SMILES string of the molecule is CC1CCN(c2ccc(C(=O)N3CCC(C)(CN)C3)cn2)CC1.Cl.Cl. The first-order chi connectivity index (χ1) is 11.0. The molecule has 5 nitrogen and oxygen atoms in total. The maximum atomic E-state index is 12.6. The molecular weight excluding hydrogens is 359 g/mol. The van der Waals surface area contributed by atoms with E-state index in [1.54, 1.807) is 6.20 Å². The van der Waals surface area contributed by atoms with Crippen LogP contribution in [0.2, 0.25) is 0 Å². The van der Waals surface area contributed by atoms with Gasteiger partial charge in [0.15, 0.2) is 0 Å². The van der Waals surface area contributed by atoms with Gasteiger partial charge in [-0.2, -0.15) is 0 Å². The number of likely N-dealkylation sites (tertiary alicyclic amines) is 1. The zero-order chi connectivity index (χ0) is 16.4. The average Bonchev–Trinajstić information content (AvgIpc) is 2.98. The van der Waals surface area contributed by atoms with Crippen LogP contribution in [-0.2, 0) is 0 Å². The number of amides is 1. The monoisotopic (exact) mass is 388 g/mol. The van der Waals surface area contributed by atoms with E-state index in [4.69, 9.17) is 5.73 Å². The van der Waals surface area contributed by atoms with E-state index in [1.807, 2.05) is 17.0 Å². The van der Waals surface area contributed by atoms with Crippen LogP contribution >= 0.6 is 24.8 Å². The van der Waals surface area contributed by atoms with Crippen molar-refractivity contribution in [3.8, 4) is 0 Å². The Morgan fingerprint density at radius 2 is 1.96 bits per heavy atom. The van der Waals surface area contributed by atoms with Crippen LogP contribution in [0.25, 0.3) is 0 Å². The Bertz CT molecular complexity index is 561. The van der Waals surface area contributed by atoms with Gasteiger partial charge in [-0.05, 0) is 49.3 Å². The molecule has 2 fully saturated rings. The molecule has 0 aliphatic carbocycles. The number of anilines is 1. The number of halogens is 2. The van der Waals surface area contributed by atoms with Gasteiger partial charge in [-0.1, -0.05) is 13.8 Å². The Labute approximate surface area is 163 Å². The molecule has 1 atom stereocenters. The molecule has 25 heavy (non-hydrogen) atoms. The second-order valence-electron chi connectivity index (χ2n) is 7.57. The van der Waals surface area contributed by atoms with E-state index in [1.165, 1.54) is 12.8 Å². The second kappa shape index (κ2) is 9.06. The van der Waals surface area contributed by atoms with Crippen LogP contribution in [0.4, 0.5) is 5.82 Å². The maximum Gasteiger partial charge on any atom is 0.255 e. The van der Waals surface area contributed by atoms with Crippen LogP contribution in [0.15, 0.2) is 18.3 Å². The molecule has 0 radical (unpaired) electrons. The second-order valence-corrected chi connectivity index (χ2v) is 7.57. The summed E-state index contributed by atoms with van der Waals surface area (Å²) in [5.41, 5.74) is 6.57. The van der Waals surface area contributed by atoms with Crippen LogP contribution < -0.4 is 10.6 Å². The van der Waals surface area contributed by atoms with Gasteiger partial charge in [-0.15, -0.1) is 24.8 Å². The first-order valence-corrected chi connectivity index (χ1v) is 8.71. The Balaban J connectivity index is 0.00000156. The van der Waals surface area contributed by atoms with Gasteiger partial charge in [0.1, 0.15) is 5.82 Å². The first-order valence-electron chi connectivity index (χ1n) is 8.71. The molecule has 0 spiro atoms. The van der Waals surface area contributed by atoms with Crippen LogP contribution in [-0.4, -0.2) is 48.5 Å². The van der Waals surface area contributed by atoms with Gasteiger partial charge >= 0.3 is 0 Å². The normalized spacial score (nSPS) is 23.8. The predicted octanol–water partition coefficient (Wildman–Crippen LogP) is 2.97. The van der Waals surface area contributed by atoms with Crippen molar-refractivity contribution in [3.05, 3.63) is 23.9 Å². The highest BCUT2D eigenvalue weighted by molar-refractivity contribution is 5.94. The number of pyridine rings is 1. The third-order valence-corrected chi connectivity index (χ3v) is 5.44. The van der Waals surface area contributed by atoms with Gasteiger partial charge in [0, 0.05) is 32.4 Å². The summed E-state index contributed by atoms with van der Waals surface area (Å²) in [6.07, 6.45) is 5.14. The van der Waals surface area contributed by atoms with E-state index in [0.29, 0.717) is 12.1 Å². The van der Waals surface area contributed by atoms with Crippen molar-refractivity contribution >= 4 is 36.5 Å². The highest BCUT2D eigenvalue weighted by Crippen LogP contribution is 2.29. The van der Waals surface area contributed by atoms with Crippen LogP contribution in [0.3, 0.4) is 0 Å². The van der Waals surface area contributed by atoms with Crippen LogP contribution in [0.5, 0.6) is 0 Å². The van der Waals surface area contributed by atoms with Gasteiger partial charge in [0.25, 0.3) is 5.91 Å². The number of nitrogens with two attached hydrogens (primary N) is 1. The lowest BCUT2D eigenvalue weighted by molar-refractivity contribution is 0.0776. The molecule has 1 unspecified atom stereocenters.